The Bertz CT molecular complexity index is 1360. The van der Waals surface area contributed by atoms with E-state index in [-0.39, 0.29) is 18.1 Å². The molecule has 0 saturated heterocycles. The van der Waals surface area contributed by atoms with E-state index in [1.807, 2.05) is 12.1 Å². The molecule has 0 spiro atoms. The monoisotopic (exact) mass is 487 g/mol. The van der Waals surface area contributed by atoms with Crippen molar-refractivity contribution in [3.8, 4) is 0 Å². The van der Waals surface area contributed by atoms with Gasteiger partial charge in [0.2, 0.25) is 5.91 Å². The molecule has 4 aromatic rings. The highest BCUT2D eigenvalue weighted by Gasteiger charge is 2.52. The summed E-state index contributed by atoms with van der Waals surface area (Å²) in [6.07, 6.45) is -3.30. The zero-order chi connectivity index (χ0) is 23.2. The molecule has 1 saturated carbocycles. The lowest BCUT2D eigenvalue weighted by Crippen LogP contribution is -2.28. The van der Waals surface area contributed by atoms with Crippen LogP contribution in [0.3, 0.4) is 0 Å². The van der Waals surface area contributed by atoms with Gasteiger partial charge in [-0.15, -0.1) is 11.3 Å². The number of amides is 1. The van der Waals surface area contributed by atoms with Crippen molar-refractivity contribution < 1.29 is 22.8 Å². The number of halogens is 3. The van der Waals surface area contributed by atoms with Gasteiger partial charge in [-0.25, -0.2) is 9.97 Å². The van der Waals surface area contributed by atoms with Gasteiger partial charge in [-0.1, -0.05) is 35.6 Å². The van der Waals surface area contributed by atoms with Crippen LogP contribution in [-0.2, 0) is 22.8 Å². The van der Waals surface area contributed by atoms with Crippen LogP contribution in [0.1, 0.15) is 40.0 Å². The molecule has 0 atom stereocenters. The second-order valence-corrected chi connectivity index (χ2v) is 9.66. The second-order valence-electron chi connectivity index (χ2n) is 7.91. The molecule has 1 fully saturated rings. The summed E-state index contributed by atoms with van der Waals surface area (Å²) in [6.45, 7) is 0. The van der Waals surface area contributed by atoms with E-state index in [0.717, 1.165) is 22.4 Å². The van der Waals surface area contributed by atoms with E-state index in [9.17, 15) is 22.8 Å². The molecule has 0 aliphatic heterocycles. The van der Waals surface area contributed by atoms with E-state index < -0.39 is 17.2 Å². The molecule has 1 amide bonds. The van der Waals surface area contributed by atoms with Gasteiger partial charge in [0.25, 0.3) is 0 Å². The largest absolute Gasteiger partial charge is 0.416 e. The first-order chi connectivity index (χ1) is 15.7. The Balaban J connectivity index is 1.34. The fraction of sp³-hybridized carbons (Fsp3) is 0.217. The molecule has 2 aromatic heterocycles. The van der Waals surface area contributed by atoms with Crippen molar-refractivity contribution in [1.82, 2.24) is 9.97 Å². The van der Waals surface area contributed by atoms with Crippen molar-refractivity contribution in [2.75, 3.05) is 5.32 Å². The molecule has 1 N–H and O–H groups in total. The summed E-state index contributed by atoms with van der Waals surface area (Å²) in [6, 6.07) is 10.4. The van der Waals surface area contributed by atoms with Crippen molar-refractivity contribution >= 4 is 49.7 Å². The van der Waals surface area contributed by atoms with E-state index in [2.05, 4.69) is 15.3 Å². The number of thiazole rings is 2. The summed E-state index contributed by atoms with van der Waals surface area (Å²) >= 11 is 2.62. The first-order valence-electron chi connectivity index (χ1n) is 10.0. The minimum atomic E-state index is -4.46. The number of nitrogens with one attached hydrogen (secondary N) is 1. The maximum Gasteiger partial charge on any atom is 0.416 e. The van der Waals surface area contributed by atoms with Crippen molar-refractivity contribution in [2.45, 2.75) is 30.9 Å². The summed E-state index contributed by atoms with van der Waals surface area (Å²) in [5.41, 5.74) is 2.15. The average molecular weight is 488 g/mol. The van der Waals surface area contributed by atoms with Crippen LogP contribution >= 0.6 is 22.7 Å². The van der Waals surface area contributed by atoms with Gasteiger partial charge in [-0.2, -0.15) is 13.2 Å². The van der Waals surface area contributed by atoms with Crippen molar-refractivity contribution in [3.63, 3.8) is 0 Å². The number of ketones is 1. The van der Waals surface area contributed by atoms with Gasteiger partial charge in [0, 0.05) is 11.8 Å². The van der Waals surface area contributed by atoms with Gasteiger partial charge in [-0.05, 0) is 42.2 Å². The molecule has 2 aromatic carbocycles. The molecule has 33 heavy (non-hydrogen) atoms. The van der Waals surface area contributed by atoms with Crippen LogP contribution in [0.4, 0.5) is 18.3 Å². The first-order valence-corrected chi connectivity index (χ1v) is 11.8. The number of carbonyl (C=O) groups is 2. The molecule has 1 aliphatic rings. The Morgan fingerprint density at radius 2 is 1.94 bits per heavy atom. The third-order valence-electron chi connectivity index (χ3n) is 5.68. The Kier molecular flexibility index (Phi) is 5.29. The van der Waals surface area contributed by atoms with Gasteiger partial charge in [0.05, 0.1) is 26.7 Å². The number of rotatable bonds is 6. The molecule has 2 heterocycles. The van der Waals surface area contributed by atoms with E-state index in [4.69, 9.17) is 0 Å². The summed E-state index contributed by atoms with van der Waals surface area (Å²) in [5.74, 6) is -0.440. The SMILES string of the molecule is O=C(Cc1ccc2nc(NC(=O)C3(c4cccc(C(F)(F)F)c4)CC3)sc2c1)c1cscn1. The number of anilines is 1. The zero-order valence-electron chi connectivity index (χ0n) is 17.0. The highest BCUT2D eigenvalue weighted by atomic mass is 32.1. The quantitative estimate of drug-likeness (QED) is 0.346. The molecule has 10 heteroatoms. The van der Waals surface area contributed by atoms with Crippen molar-refractivity contribution in [3.05, 3.63) is 75.7 Å². The highest BCUT2D eigenvalue weighted by molar-refractivity contribution is 7.22. The van der Waals surface area contributed by atoms with E-state index in [0.29, 0.717) is 34.7 Å². The van der Waals surface area contributed by atoms with E-state index >= 15 is 0 Å². The van der Waals surface area contributed by atoms with Crippen LogP contribution in [0.15, 0.2) is 53.4 Å². The number of hydrogen-bond acceptors (Lipinski definition) is 6. The zero-order valence-corrected chi connectivity index (χ0v) is 18.6. The number of alkyl halides is 3. The Morgan fingerprint density at radius 1 is 1.12 bits per heavy atom. The lowest BCUT2D eigenvalue weighted by atomic mass is 9.93. The molecular weight excluding hydrogens is 471 g/mol. The number of benzene rings is 2. The van der Waals surface area contributed by atoms with Gasteiger partial charge < -0.3 is 5.32 Å². The topological polar surface area (TPSA) is 72.0 Å². The lowest BCUT2D eigenvalue weighted by molar-refractivity contribution is -0.137. The number of carbonyl (C=O) groups excluding carboxylic acids is 2. The van der Waals surface area contributed by atoms with Crippen LogP contribution < -0.4 is 5.32 Å². The first kappa shape index (κ1) is 21.7. The Morgan fingerprint density at radius 3 is 2.64 bits per heavy atom. The molecule has 5 nitrogen and oxygen atoms in total. The minimum absolute atomic E-state index is 0.0783. The standard InChI is InChI=1S/C23H16F3N3O2S2/c24-23(25,26)15-3-1-2-14(10-15)22(6-7-22)20(31)29-21-28-16-5-4-13(9-19(16)33-21)8-18(30)17-11-32-12-27-17/h1-5,9-12H,6-8H2,(H,28,29,31). The van der Waals surface area contributed by atoms with Crippen LogP contribution in [0, 0.1) is 0 Å². The number of nitrogens with zero attached hydrogens (tertiary/aromatic N) is 2. The predicted octanol–water partition coefficient (Wildman–Crippen LogP) is 5.87. The van der Waals surface area contributed by atoms with Gasteiger partial charge in [0.1, 0.15) is 5.69 Å². The molecule has 0 bridgehead atoms. The summed E-state index contributed by atoms with van der Waals surface area (Å²) < 4.78 is 40.1. The predicted molar refractivity (Wildman–Crippen MR) is 121 cm³/mol. The van der Waals surface area contributed by atoms with Crippen LogP contribution in [0.5, 0.6) is 0 Å². The smallest absolute Gasteiger partial charge is 0.301 e. The molecule has 0 radical (unpaired) electrons. The number of aromatic nitrogens is 2. The van der Waals surface area contributed by atoms with E-state index in [1.54, 1.807) is 23.0 Å². The van der Waals surface area contributed by atoms with E-state index in [1.165, 1.54) is 28.7 Å². The van der Waals surface area contributed by atoms with Crippen LogP contribution in [-0.4, -0.2) is 21.7 Å². The third kappa shape index (κ3) is 4.28. The van der Waals surface area contributed by atoms with Gasteiger partial charge in [-0.3, -0.25) is 9.59 Å². The highest BCUT2D eigenvalue weighted by Crippen LogP contribution is 2.50. The average Bonchev–Trinajstić information content (AvgIpc) is 3.22. The van der Waals surface area contributed by atoms with Crippen LogP contribution in [0.2, 0.25) is 0 Å². The second kappa shape index (κ2) is 8.03. The van der Waals surface area contributed by atoms with Crippen LogP contribution in [0.25, 0.3) is 10.2 Å². The van der Waals surface area contributed by atoms with Gasteiger partial charge >= 0.3 is 6.18 Å². The molecule has 0 unspecified atom stereocenters. The molecule has 1 aliphatic carbocycles. The third-order valence-corrected chi connectivity index (χ3v) is 7.20. The number of fused-ring (bicyclic) bond motifs is 1. The molecule has 168 valence electrons. The molecule has 5 rings (SSSR count). The summed E-state index contributed by atoms with van der Waals surface area (Å²) in [4.78, 5) is 33.8. The maximum absolute atomic E-state index is 13.1. The normalized spacial score (nSPS) is 14.9. The lowest BCUT2D eigenvalue weighted by Gasteiger charge is -2.16. The fourth-order valence-electron chi connectivity index (χ4n) is 3.74. The fourth-order valence-corrected chi connectivity index (χ4v) is 5.22. The number of hydrogen-bond donors (Lipinski definition) is 1. The number of Topliss-reactive ketones (excluding diaryl/α,β-unsaturated/α-hetero) is 1. The Hall–Kier alpha value is -3.11. The summed E-state index contributed by atoms with van der Waals surface area (Å²) in [5, 5.41) is 4.86. The van der Waals surface area contributed by atoms with Crippen molar-refractivity contribution in [1.29, 1.82) is 0 Å². The Labute approximate surface area is 194 Å². The molecular formula is C23H16F3N3O2S2. The van der Waals surface area contributed by atoms with Crippen molar-refractivity contribution in [2.24, 2.45) is 0 Å². The minimum Gasteiger partial charge on any atom is -0.301 e. The summed E-state index contributed by atoms with van der Waals surface area (Å²) in [7, 11) is 0. The maximum atomic E-state index is 13.1. The van der Waals surface area contributed by atoms with Gasteiger partial charge in [0.15, 0.2) is 10.9 Å².